The van der Waals surface area contributed by atoms with Crippen molar-refractivity contribution in [2.24, 2.45) is 0 Å². The fourth-order valence-electron chi connectivity index (χ4n) is 4.71. The van der Waals surface area contributed by atoms with Crippen LogP contribution in [-0.4, -0.2) is 19.6 Å². The number of hydrogen-bond acceptors (Lipinski definition) is 2. The lowest BCUT2D eigenvalue weighted by atomic mass is 9.77. The molecule has 37 heavy (non-hydrogen) atoms. The van der Waals surface area contributed by atoms with Crippen LogP contribution < -0.4 is 0 Å². The van der Waals surface area contributed by atoms with E-state index in [0.29, 0.717) is 0 Å². The molecule has 0 aliphatic heterocycles. The van der Waals surface area contributed by atoms with Gasteiger partial charge in [-0.2, -0.15) is 10.2 Å². The van der Waals surface area contributed by atoms with Crippen LogP contribution in [0.2, 0.25) is 0 Å². The highest BCUT2D eigenvalue weighted by Gasteiger charge is 2.24. The first-order valence-corrected chi connectivity index (χ1v) is 12.5. The van der Waals surface area contributed by atoms with Gasteiger partial charge in [-0.15, -0.1) is 0 Å². The topological polar surface area (TPSA) is 35.6 Å². The third kappa shape index (κ3) is 4.50. The van der Waals surface area contributed by atoms with Gasteiger partial charge in [0.15, 0.2) is 0 Å². The molecule has 0 spiro atoms. The van der Waals surface area contributed by atoms with E-state index >= 15 is 0 Å². The van der Waals surface area contributed by atoms with Gasteiger partial charge in [0.1, 0.15) is 0 Å². The Balaban J connectivity index is 1.30. The maximum atomic E-state index is 4.83. The smallest absolute Gasteiger partial charge is 0.0927 e. The molecule has 4 aromatic carbocycles. The zero-order chi connectivity index (χ0) is 25.2. The van der Waals surface area contributed by atoms with Crippen LogP contribution in [0.5, 0.6) is 0 Å². The molecule has 0 aliphatic rings. The highest BCUT2D eigenvalue weighted by molar-refractivity contribution is 5.64. The summed E-state index contributed by atoms with van der Waals surface area (Å²) in [6.45, 7) is 4.55. The lowest BCUT2D eigenvalue weighted by molar-refractivity contribution is 0.641. The van der Waals surface area contributed by atoms with Crippen molar-refractivity contribution in [2.45, 2.75) is 19.3 Å². The zero-order valence-electron chi connectivity index (χ0n) is 21.0. The van der Waals surface area contributed by atoms with Crippen LogP contribution in [0.4, 0.5) is 0 Å². The first-order chi connectivity index (χ1) is 18.1. The summed E-state index contributed by atoms with van der Waals surface area (Å²) in [6.07, 6.45) is 4.03. The Morgan fingerprint density at radius 1 is 0.486 bits per heavy atom. The van der Waals surface area contributed by atoms with E-state index in [2.05, 4.69) is 98.8 Å². The van der Waals surface area contributed by atoms with Crippen LogP contribution in [0, 0.1) is 0 Å². The molecular weight excluding hydrogens is 452 g/mol. The molecule has 6 aromatic rings. The van der Waals surface area contributed by atoms with Crippen molar-refractivity contribution in [3.05, 3.63) is 145 Å². The summed E-state index contributed by atoms with van der Waals surface area (Å²) in [5.41, 5.74) is 8.53. The van der Waals surface area contributed by atoms with Crippen molar-refractivity contribution >= 4 is 0 Å². The van der Waals surface area contributed by atoms with E-state index in [1.54, 1.807) is 0 Å². The maximum Gasteiger partial charge on any atom is 0.0927 e. The molecule has 0 fully saturated rings. The van der Waals surface area contributed by atoms with E-state index < -0.39 is 0 Å². The molecule has 0 aliphatic carbocycles. The van der Waals surface area contributed by atoms with Crippen LogP contribution in [0.3, 0.4) is 0 Å². The first kappa shape index (κ1) is 22.7. The minimum atomic E-state index is -0.198. The van der Waals surface area contributed by atoms with E-state index in [4.69, 9.17) is 10.2 Å². The van der Waals surface area contributed by atoms with Crippen LogP contribution in [-0.2, 0) is 5.41 Å². The molecule has 0 amide bonds. The SMILES string of the molecule is CC(C)(c1cccc(-c2ccn(-c3ccccc3)n2)c1)c1cccc(-c2ccn(-c3ccccc3)n2)c1. The summed E-state index contributed by atoms with van der Waals surface area (Å²) in [6, 6.07) is 42.0. The maximum absolute atomic E-state index is 4.83. The average Bonchev–Trinajstić information content (AvgIpc) is 3.65. The summed E-state index contributed by atoms with van der Waals surface area (Å²) in [7, 11) is 0. The number of rotatable bonds is 6. The second-order valence-corrected chi connectivity index (χ2v) is 9.75. The van der Waals surface area contributed by atoms with Crippen molar-refractivity contribution in [1.82, 2.24) is 19.6 Å². The molecule has 180 valence electrons. The summed E-state index contributed by atoms with van der Waals surface area (Å²) >= 11 is 0. The molecule has 0 saturated carbocycles. The van der Waals surface area contributed by atoms with Gasteiger partial charge in [0.25, 0.3) is 0 Å². The zero-order valence-corrected chi connectivity index (χ0v) is 21.0. The molecule has 0 bridgehead atoms. The molecule has 0 N–H and O–H groups in total. The summed E-state index contributed by atoms with van der Waals surface area (Å²) in [5, 5.41) is 9.67. The first-order valence-electron chi connectivity index (χ1n) is 12.5. The van der Waals surface area contributed by atoms with Gasteiger partial charge < -0.3 is 0 Å². The van der Waals surface area contributed by atoms with Gasteiger partial charge in [0.2, 0.25) is 0 Å². The minimum Gasteiger partial charge on any atom is -0.240 e. The largest absolute Gasteiger partial charge is 0.240 e. The van der Waals surface area contributed by atoms with Gasteiger partial charge in [-0.1, -0.05) is 86.6 Å². The van der Waals surface area contributed by atoms with Crippen molar-refractivity contribution in [2.75, 3.05) is 0 Å². The molecule has 4 nitrogen and oxygen atoms in total. The highest BCUT2D eigenvalue weighted by atomic mass is 15.3. The van der Waals surface area contributed by atoms with Gasteiger partial charge in [0.05, 0.1) is 22.8 Å². The van der Waals surface area contributed by atoms with E-state index in [0.717, 1.165) is 33.9 Å². The molecule has 0 radical (unpaired) electrons. The predicted molar refractivity (Wildman–Crippen MR) is 150 cm³/mol. The van der Waals surface area contributed by atoms with Crippen molar-refractivity contribution < 1.29 is 0 Å². The quantitative estimate of drug-likeness (QED) is 0.245. The van der Waals surface area contributed by atoms with Crippen molar-refractivity contribution in [1.29, 1.82) is 0 Å². The van der Waals surface area contributed by atoms with Crippen molar-refractivity contribution in [3.8, 4) is 33.9 Å². The number of para-hydroxylation sites is 2. The van der Waals surface area contributed by atoms with Gasteiger partial charge in [0, 0.05) is 28.9 Å². The third-order valence-corrected chi connectivity index (χ3v) is 6.98. The summed E-state index contributed by atoms with van der Waals surface area (Å²) < 4.78 is 3.84. The van der Waals surface area contributed by atoms with Crippen LogP contribution >= 0.6 is 0 Å². The van der Waals surface area contributed by atoms with Crippen LogP contribution in [0.25, 0.3) is 33.9 Å². The minimum absolute atomic E-state index is 0.198. The Bertz CT molecular complexity index is 1520. The summed E-state index contributed by atoms with van der Waals surface area (Å²) in [5.74, 6) is 0. The Morgan fingerprint density at radius 2 is 0.919 bits per heavy atom. The second kappa shape index (κ2) is 9.40. The van der Waals surface area contributed by atoms with Crippen LogP contribution in [0.15, 0.2) is 134 Å². The van der Waals surface area contributed by atoms with Gasteiger partial charge >= 0.3 is 0 Å². The lowest BCUT2D eigenvalue weighted by Crippen LogP contribution is -2.19. The predicted octanol–water partition coefficient (Wildman–Crippen LogP) is 7.72. The normalized spacial score (nSPS) is 11.5. The van der Waals surface area contributed by atoms with Crippen LogP contribution in [0.1, 0.15) is 25.0 Å². The number of aromatic nitrogens is 4. The fraction of sp³-hybridized carbons (Fsp3) is 0.0909. The Kier molecular flexibility index (Phi) is 5.78. The van der Waals surface area contributed by atoms with E-state index in [1.165, 1.54) is 11.1 Å². The molecule has 0 unspecified atom stereocenters. The van der Waals surface area contributed by atoms with E-state index in [9.17, 15) is 0 Å². The molecule has 2 aromatic heterocycles. The van der Waals surface area contributed by atoms with Gasteiger partial charge in [-0.3, -0.25) is 0 Å². The lowest BCUT2D eigenvalue weighted by Gasteiger charge is -2.27. The number of benzene rings is 4. The third-order valence-electron chi connectivity index (χ3n) is 6.98. The molecule has 0 saturated heterocycles. The molecular formula is C33H28N4. The van der Waals surface area contributed by atoms with Crippen molar-refractivity contribution in [3.63, 3.8) is 0 Å². The molecule has 0 atom stereocenters. The fourth-order valence-corrected chi connectivity index (χ4v) is 4.71. The van der Waals surface area contributed by atoms with E-state index in [1.807, 2.05) is 58.2 Å². The Morgan fingerprint density at radius 3 is 1.35 bits per heavy atom. The van der Waals surface area contributed by atoms with Gasteiger partial charge in [-0.25, -0.2) is 9.36 Å². The Labute approximate surface area is 217 Å². The summed E-state index contributed by atoms with van der Waals surface area (Å²) in [4.78, 5) is 0. The molecule has 6 rings (SSSR count). The monoisotopic (exact) mass is 480 g/mol. The number of hydrogen-bond donors (Lipinski definition) is 0. The standard InChI is InChI=1S/C33H28N4/c1-33(2,27-13-9-11-25(23-27)31-19-21-36(34-31)29-15-5-3-6-16-29)28-14-10-12-26(24-28)32-20-22-37(35-32)30-17-7-4-8-18-30/h3-24H,1-2H3. The molecule has 4 heteroatoms. The number of nitrogens with zero attached hydrogens (tertiary/aromatic N) is 4. The molecule has 2 heterocycles. The average molecular weight is 481 g/mol. The van der Waals surface area contributed by atoms with E-state index in [-0.39, 0.29) is 5.41 Å². The van der Waals surface area contributed by atoms with Gasteiger partial charge in [-0.05, 0) is 59.7 Å². The Hall–Kier alpha value is -4.70. The highest BCUT2D eigenvalue weighted by Crippen LogP contribution is 2.35. The second-order valence-electron chi connectivity index (χ2n) is 9.75.